The highest BCUT2D eigenvalue weighted by Crippen LogP contribution is 2.26. The monoisotopic (exact) mass is 327 g/mol. The smallest absolute Gasteiger partial charge is 0.137 e. The highest BCUT2D eigenvalue weighted by atomic mass is 79.9. The lowest BCUT2D eigenvalue weighted by Crippen LogP contribution is -2.25. The average Bonchev–Trinajstić information content (AvgIpc) is 2.22. The van der Waals surface area contributed by atoms with Crippen molar-refractivity contribution in [2.24, 2.45) is 11.3 Å². The van der Waals surface area contributed by atoms with Gasteiger partial charge in [0.2, 0.25) is 0 Å². The Morgan fingerprint density at radius 3 is 2.21 bits per heavy atom. The minimum Gasteiger partial charge on any atom is -0.370 e. The summed E-state index contributed by atoms with van der Waals surface area (Å²) in [7, 11) is 0. The molecule has 4 heteroatoms. The fourth-order valence-electron chi connectivity index (χ4n) is 1.41. The molecule has 0 aliphatic heterocycles. The van der Waals surface area contributed by atoms with Crippen molar-refractivity contribution < 1.29 is 0 Å². The number of rotatable bonds is 3. The maximum absolute atomic E-state index is 4.61. The van der Waals surface area contributed by atoms with E-state index in [2.05, 4.69) is 79.7 Å². The van der Waals surface area contributed by atoms with Gasteiger partial charge in [0.15, 0.2) is 0 Å². The number of halogens is 1. The van der Waals surface area contributed by atoms with E-state index in [4.69, 9.17) is 0 Å². The van der Waals surface area contributed by atoms with Gasteiger partial charge in [0.25, 0.3) is 0 Å². The van der Waals surface area contributed by atoms with Crippen LogP contribution in [-0.4, -0.2) is 16.5 Å². The Bertz CT molecular complexity index is 430. The van der Waals surface area contributed by atoms with Crippen molar-refractivity contribution in [3.8, 4) is 0 Å². The molecule has 3 nitrogen and oxygen atoms in total. The van der Waals surface area contributed by atoms with Gasteiger partial charge >= 0.3 is 0 Å². The minimum absolute atomic E-state index is 0.0458. The molecule has 0 aliphatic rings. The molecular weight excluding hydrogens is 302 g/mol. The third-order valence-corrected chi connectivity index (χ3v) is 3.84. The summed E-state index contributed by atoms with van der Waals surface area (Å²) in [5.74, 6) is 2.31. The predicted molar refractivity (Wildman–Crippen MR) is 85.5 cm³/mol. The average molecular weight is 328 g/mol. The first-order valence-corrected chi connectivity index (χ1v) is 7.58. The van der Waals surface area contributed by atoms with Gasteiger partial charge in [-0.05, 0) is 27.3 Å². The second kappa shape index (κ2) is 5.78. The first-order valence-electron chi connectivity index (χ1n) is 6.79. The third kappa shape index (κ3) is 5.09. The van der Waals surface area contributed by atoms with E-state index >= 15 is 0 Å². The molecule has 0 saturated carbocycles. The van der Waals surface area contributed by atoms with Gasteiger partial charge in [-0.1, -0.05) is 48.5 Å². The SMILES string of the molecule is CC(CNc1cc(Br)nc(C(C)(C)C)n1)C(C)(C)C. The van der Waals surface area contributed by atoms with E-state index in [1.54, 1.807) is 0 Å². The first-order chi connectivity index (χ1) is 8.50. The van der Waals surface area contributed by atoms with Crippen molar-refractivity contribution in [2.45, 2.75) is 53.9 Å². The molecule has 1 N–H and O–H groups in total. The Morgan fingerprint density at radius 2 is 1.74 bits per heavy atom. The van der Waals surface area contributed by atoms with Gasteiger partial charge in [-0.3, -0.25) is 0 Å². The minimum atomic E-state index is -0.0458. The van der Waals surface area contributed by atoms with E-state index in [1.807, 2.05) is 6.07 Å². The number of aromatic nitrogens is 2. The van der Waals surface area contributed by atoms with E-state index in [-0.39, 0.29) is 5.41 Å². The molecule has 1 heterocycles. The van der Waals surface area contributed by atoms with Crippen molar-refractivity contribution in [3.63, 3.8) is 0 Å². The molecule has 0 radical (unpaired) electrons. The second-order valence-corrected chi connectivity index (χ2v) is 8.11. The van der Waals surface area contributed by atoms with Crippen molar-refractivity contribution >= 4 is 21.7 Å². The van der Waals surface area contributed by atoms with Crippen molar-refractivity contribution in [3.05, 3.63) is 16.5 Å². The van der Waals surface area contributed by atoms with E-state index in [1.165, 1.54) is 0 Å². The quantitative estimate of drug-likeness (QED) is 0.822. The summed E-state index contributed by atoms with van der Waals surface area (Å²) < 4.78 is 0.832. The van der Waals surface area contributed by atoms with E-state index < -0.39 is 0 Å². The molecular formula is C15H26BrN3. The summed E-state index contributed by atoms with van der Waals surface area (Å²) in [6.45, 7) is 16.3. The van der Waals surface area contributed by atoms with Crippen LogP contribution in [0.15, 0.2) is 10.7 Å². The van der Waals surface area contributed by atoms with Crippen LogP contribution in [-0.2, 0) is 5.41 Å². The molecule has 1 unspecified atom stereocenters. The van der Waals surface area contributed by atoms with Gasteiger partial charge < -0.3 is 5.32 Å². The van der Waals surface area contributed by atoms with Crippen LogP contribution in [0, 0.1) is 11.3 Å². The molecule has 1 rings (SSSR count). The topological polar surface area (TPSA) is 37.8 Å². The predicted octanol–water partition coefficient (Wildman–Crippen LogP) is 4.63. The van der Waals surface area contributed by atoms with Gasteiger partial charge in [-0.15, -0.1) is 0 Å². The molecule has 1 aromatic rings. The summed E-state index contributed by atoms with van der Waals surface area (Å²) in [4.78, 5) is 9.05. The van der Waals surface area contributed by atoms with Crippen LogP contribution in [0.4, 0.5) is 5.82 Å². The summed E-state index contributed by atoms with van der Waals surface area (Å²) in [5, 5.41) is 3.42. The highest BCUT2D eigenvalue weighted by Gasteiger charge is 2.21. The summed E-state index contributed by atoms with van der Waals surface area (Å²) in [5.41, 5.74) is 0.250. The number of nitrogens with one attached hydrogen (secondary N) is 1. The fourth-order valence-corrected chi connectivity index (χ4v) is 1.79. The lowest BCUT2D eigenvalue weighted by Gasteiger charge is -2.27. The Balaban J connectivity index is 2.83. The van der Waals surface area contributed by atoms with Gasteiger partial charge in [-0.25, -0.2) is 9.97 Å². The van der Waals surface area contributed by atoms with Crippen molar-refractivity contribution in [1.82, 2.24) is 9.97 Å². The van der Waals surface area contributed by atoms with Crippen LogP contribution >= 0.6 is 15.9 Å². The van der Waals surface area contributed by atoms with Gasteiger partial charge in [-0.2, -0.15) is 0 Å². The summed E-state index contributed by atoms with van der Waals surface area (Å²) >= 11 is 3.46. The number of anilines is 1. The molecule has 0 fully saturated rings. The van der Waals surface area contributed by atoms with Gasteiger partial charge in [0.1, 0.15) is 16.2 Å². The first kappa shape index (κ1) is 16.4. The Hall–Kier alpha value is -0.640. The summed E-state index contributed by atoms with van der Waals surface area (Å²) in [6.07, 6.45) is 0. The highest BCUT2D eigenvalue weighted by molar-refractivity contribution is 9.10. The second-order valence-electron chi connectivity index (χ2n) is 7.30. The largest absolute Gasteiger partial charge is 0.370 e. The van der Waals surface area contributed by atoms with Crippen molar-refractivity contribution in [2.75, 3.05) is 11.9 Å². The molecule has 1 atom stereocenters. The maximum Gasteiger partial charge on any atom is 0.137 e. The zero-order valence-corrected chi connectivity index (χ0v) is 14.7. The summed E-state index contributed by atoms with van der Waals surface area (Å²) in [6, 6.07) is 1.94. The third-order valence-electron chi connectivity index (χ3n) is 3.43. The molecule has 0 spiro atoms. The Morgan fingerprint density at radius 1 is 1.16 bits per heavy atom. The van der Waals surface area contributed by atoms with Crippen LogP contribution in [0.1, 0.15) is 54.3 Å². The molecule has 1 aromatic heterocycles. The normalized spacial score (nSPS) is 14.3. The number of hydrogen-bond acceptors (Lipinski definition) is 3. The van der Waals surface area contributed by atoms with Crippen molar-refractivity contribution in [1.29, 1.82) is 0 Å². The van der Waals surface area contributed by atoms with Crippen LogP contribution in [0.2, 0.25) is 0 Å². The van der Waals surface area contributed by atoms with Crippen LogP contribution in [0.3, 0.4) is 0 Å². The van der Waals surface area contributed by atoms with Crippen LogP contribution < -0.4 is 5.32 Å². The molecule has 0 aromatic carbocycles. The molecule has 108 valence electrons. The van der Waals surface area contributed by atoms with Gasteiger partial charge in [0, 0.05) is 18.0 Å². The van der Waals surface area contributed by atoms with Gasteiger partial charge in [0.05, 0.1) is 0 Å². The molecule has 0 amide bonds. The lowest BCUT2D eigenvalue weighted by molar-refractivity contribution is 0.274. The Kier molecular flexibility index (Phi) is 4.99. The molecule has 0 bridgehead atoms. The Labute approximate surface area is 125 Å². The number of nitrogens with zero attached hydrogens (tertiary/aromatic N) is 2. The van der Waals surface area contributed by atoms with E-state index in [9.17, 15) is 0 Å². The molecule has 19 heavy (non-hydrogen) atoms. The lowest BCUT2D eigenvalue weighted by atomic mass is 9.82. The number of hydrogen-bond donors (Lipinski definition) is 1. The molecule has 0 aliphatic carbocycles. The fraction of sp³-hybridized carbons (Fsp3) is 0.733. The van der Waals surface area contributed by atoms with Crippen LogP contribution in [0.5, 0.6) is 0 Å². The van der Waals surface area contributed by atoms with Crippen LogP contribution in [0.25, 0.3) is 0 Å². The van der Waals surface area contributed by atoms with E-state index in [0.29, 0.717) is 11.3 Å². The van der Waals surface area contributed by atoms with E-state index in [0.717, 1.165) is 22.8 Å². The zero-order valence-electron chi connectivity index (χ0n) is 13.1. The standard InChI is InChI=1S/C15H26BrN3/c1-10(14(2,3)4)9-17-12-8-11(16)18-13(19-12)15(5,6)7/h8,10H,9H2,1-7H3,(H,17,18,19). The maximum atomic E-state index is 4.61. The zero-order chi connectivity index (χ0) is 14.8. The molecule has 0 saturated heterocycles.